The molecule has 0 amide bonds. The zero-order valence-corrected chi connectivity index (χ0v) is 45.8. The molecule has 74 heavy (non-hydrogen) atoms. The molecule has 0 heterocycles. The molecule has 0 aromatic heterocycles. The molecule has 4 aliphatic carbocycles. The molecule has 0 N–H and O–H groups in total. The summed E-state index contributed by atoms with van der Waals surface area (Å²) in [5.41, 5.74) is 13.1. The largest absolute Gasteiger partial charge is 0.206 e. The Kier molecular flexibility index (Phi) is 23.9. The predicted octanol–water partition coefficient (Wildman–Crippen LogP) is 22.8. The van der Waals surface area contributed by atoms with Crippen molar-refractivity contribution in [3.8, 4) is 22.3 Å². The second-order valence-electron chi connectivity index (χ2n) is 22.0. The zero-order valence-electron chi connectivity index (χ0n) is 45.8. The van der Waals surface area contributed by atoms with Gasteiger partial charge in [-0.25, -0.2) is 8.78 Å². The third kappa shape index (κ3) is 17.8. The van der Waals surface area contributed by atoms with Crippen LogP contribution in [-0.4, -0.2) is 0 Å². The number of halogens is 2. The minimum absolute atomic E-state index is 0.0616. The van der Waals surface area contributed by atoms with E-state index in [1.165, 1.54) is 170 Å². The van der Waals surface area contributed by atoms with Crippen LogP contribution in [-0.2, 0) is 0 Å². The molecule has 4 aromatic carbocycles. The number of rotatable bonds is 18. The van der Waals surface area contributed by atoms with Gasteiger partial charge < -0.3 is 0 Å². The van der Waals surface area contributed by atoms with Crippen LogP contribution in [0.4, 0.5) is 8.78 Å². The van der Waals surface area contributed by atoms with Crippen LogP contribution in [0.25, 0.3) is 22.3 Å². The van der Waals surface area contributed by atoms with Crippen molar-refractivity contribution in [1.82, 2.24) is 0 Å². The van der Waals surface area contributed by atoms with E-state index in [1.807, 2.05) is 18.2 Å². The lowest BCUT2D eigenvalue weighted by molar-refractivity contribution is 0.442. The molecule has 1 atom stereocenters. The molecule has 0 aliphatic heterocycles. The molecular weight excluding hydrogens is 903 g/mol. The van der Waals surface area contributed by atoms with E-state index in [-0.39, 0.29) is 11.4 Å². The first kappa shape index (κ1) is 57.7. The SMILES string of the molecule is C=C/C=C\C(=C)C(=C)/C(F)=C\C(=C)C(=C)/C=C\C(=C)C(C)CCCC.Fc1cc(C2CCCCC2)ccc1-c1ccc(C2CCCCC2)cc1.c1cc(C2CCCCC2)ccc1-c1ccc(C2CCCCC2)cc1. The molecule has 4 aliphatic rings. The second-order valence-corrected chi connectivity index (χ2v) is 22.0. The van der Waals surface area contributed by atoms with E-state index in [9.17, 15) is 8.78 Å². The van der Waals surface area contributed by atoms with Gasteiger partial charge in [-0.15, -0.1) is 0 Å². The summed E-state index contributed by atoms with van der Waals surface area (Å²) in [6.45, 7) is 27.3. The molecule has 4 fully saturated rings. The third-order valence-electron chi connectivity index (χ3n) is 16.6. The number of allylic oxidation sites excluding steroid dienone is 12. The summed E-state index contributed by atoms with van der Waals surface area (Å²) in [4.78, 5) is 0. The molecule has 0 saturated heterocycles. The predicted molar refractivity (Wildman–Crippen MR) is 319 cm³/mol. The molecule has 4 saturated carbocycles. The summed E-state index contributed by atoms with van der Waals surface area (Å²) in [6.07, 6.45) is 40.6. The van der Waals surface area contributed by atoms with E-state index >= 15 is 0 Å². The fraction of sp³-hybridized carbons (Fsp3) is 0.417. The third-order valence-corrected chi connectivity index (χ3v) is 16.6. The van der Waals surface area contributed by atoms with Crippen LogP contribution in [0.1, 0.15) is 207 Å². The molecule has 392 valence electrons. The summed E-state index contributed by atoms with van der Waals surface area (Å²) < 4.78 is 29.0. The Morgan fingerprint density at radius 3 is 1.32 bits per heavy atom. The van der Waals surface area contributed by atoms with Gasteiger partial charge in [-0.05, 0) is 155 Å². The maximum absolute atomic E-state index is 14.7. The van der Waals surface area contributed by atoms with Gasteiger partial charge in [-0.2, -0.15) is 0 Å². The lowest BCUT2D eigenvalue weighted by atomic mass is 9.83. The van der Waals surface area contributed by atoms with Crippen molar-refractivity contribution >= 4 is 0 Å². The monoisotopic (exact) mass is 993 g/mol. The number of hydrogen-bond donors (Lipinski definition) is 0. The van der Waals surface area contributed by atoms with E-state index < -0.39 is 5.83 Å². The Morgan fingerprint density at radius 2 is 0.919 bits per heavy atom. The quantitative estimate of drug-likeness (QED) is 0.0872. The first-order valence-corrected chi connectivity index (χ1v) is 28.9. The molecule has 8 rings (SSSR count). The molecule has 0 radical (unpaired) electrons. The highest BCUT2D eigenvalue weighted by Crippen LogP contribution is 2.38. The van der Waals surface area contributed by atoms with Gasteiger partial charge in [0, 0.05) is 11.1 Å². The minimum Gasteiger partial charge on any atom is -0.206 e. The zero-order chi connectivity index (χ0) is 52.7. The van der Waals surface area contributed by atoms with Gasteiger partial charge in [0.2, 0.25) is 0 Å². The summed E-state index contributed by atoms with van der Waals surface area (Å²) >= 11 is 0. The molecule has 2 heteroatoms. The normalized spacial score (nSPS) is 17.6. The smallest absolute Gasteiger partial charge is 0.131 e. The van der Waals surface area contributed by atoms with Crippen LogP contribution in [0.3, 0.4) is 0 Å². The molecule has 4 aromatic rings. The lowest BCUT2D eigenvalue weighted by Crippen LogP contribution is -2.05. The summed E-state index contributed by atoms with van der Waals surface area (Å²) in [6, 6.07) is 33.4. The minimum atomic E-state index is -0.478. The molecule has 0 spiro atoms. The standard InChI is InChI=1S/C24H29F.C24H31F.C24H30/c25-24-17-22(19-9-5-2-6-10-19)15-16-23(24)21-13-11-20(12-14-21)18-7-3-1-4-8-18;1-9-11-13-18(3)19(4)15-16-20(5)22(7)17-24(25)23(8)21(6)14-12-10-2;1-3-7-19(8-4-1)21-11-15-23(16-12-21)24-17-13-22(14-18-24)20-9-5-2-6-10-20/h11-19H,1-10H2;10,12,14-18H,2,4-9,11,13H2,1,3H3;11-20H,1-10H2/b;14-12-,16-15-,24-17+;. The van der Waals surface area contributed by atoms with E-state index in [0.717, 1.165) is 35.0 Å². The lowest BCUT2D eigenvalue weighted by Gasteiger charge is -2.23. The van der Waals surface area contributed by atoms with E-state index in [0.29, 0.717) is 34.5 Å². The van der Waals surface area contributed by atoms with Gasteiger partial charge in [0.15, 0.2) is 0 Å². The average Bonchev–Trinajstić information content (AvgIpc) is 3.46. The van der Waals surface area contributed by atoms with Crippen molar-refractivity contribution < 1.29 is 8.78 Å². The van der Waals surface area contributed by atoms with Crippen LogP contribution in [0.15, 0.2) is 201 Å². The fourth-order valence-electron chi connectivity index (χ4n) is 11.5. The highest BCUT2D eigenvalue weighted by atomic mass is 19.1. The van der Waals surface area contributed by atoms with Gasteiger partial charge in [0.25, 0.3) is 0 Å². The first-order chi connectivity index (χ1) is 35.9. The topological polar surface area (TPSA) is 0 Å². The number of unbranched alkanes of at least 4 members (excludes halogenated alkanes) is 1. The maximum atomic E-state index is 14.7. The van der Waals surface area contributed by atoms with Crippen LogP contribution in [0.5, 0.6) is 0 Å². The van der Waals surface area contributed by atoms with Crippen molar-refractivity contribution in [2.45, 2.75) is 185 Å². The summed E-state index contributed by atoms with van der Waals surface area (Å²) in [5.74, 6) is 2.77. The van der Waals surface area contributed by atoms with Gasteiger partial charge in [-0.3, -0.25) is 0 Å². The summed E-state index contributed by atoms with van der Waals surface area (Å²) in [5, 5.41) is 0. The molecule has 0 nitrogen and oxygen atoms in total. The van der Waals surface area contributed by atoms with Gasteiger partial charge in [-0.1, -0.05) is 264 Å². The Balaban J connectivity index is 0.000000181. The highest BCUT2D eigenvalue weighted by molar-refractivity contribution is 5.66. The Morgan fingerprint density at radius 1 is 0.514 bits per heavy atom. The van der Waals surface area contributed by atoms with Gasteiger partial charge >= 0.3 is 0 Å². The Bertz CT molecular complexity index is 2450. The second kappa shape index (κ2) is 30.7. The highest BCUT2D eigenvalue weighted by Gasteiger charge is 2.20. The Labute approximate surface area is 448 Å². The van der Waals surface area contributed by atoms with E-state index in [1.54, 1.807) is 35.4 Å². The molecule has 0 bridgehead atoms. The van der Waals surface area contributed by atoms with Gasteiger partial charge in [0.1, 0.15) is 11.6 Å². The van der Waals surface area contributed by atoms with E-state index in [2.05, 4.69) is 132 Å². The average molecular weight is 994 g/mol. The van der Waals surface area contributed by atoms with Crippen molar-refractivity contribution in [3.63, 3.8) is 0 Å². The maximum Gasteiger partial charge on any atom is 0.131 e. The van der Waals surface area contributed by atoms with Crippen molar-refractivity contribution in [2.75, 3.05) is 0 Å². The van der Waals surface area contributed by atoms with Crippen LogP contribution in [0, 0.1) is 11.7 Å². The summed E-state index contributed by atoms with van der Waals surface area (Å²) in [7, 11) is 0. The first-order valence-electron chi connectivity index (χ1n) is 28.9. The van der Waals surface area contributed by atoms with Crippen molar-refractivity contribution in [2.24, 2.45) is 5.92 Å². The van der Waals surface area contributed by atoms with Crippen LogP contribution in [0.2, 0.25) is 0 Å². The van der Waals surface area contributed by atoms with Crippen LogP contribution < -0.4 is 0 Å². The van der Waals surface area contributed by atoms with Gasteiger partial charge in [0.05, 0.1) is 0 Å². The van der Waals surface area contributed by atoms with Crippen molar-refractivity contribution in [3.05, 3.63) is 229 Å². The van der Waals surface area contributed by atoms with E-state index in [4.69, 9.17) is 0 Å². The molecule has 1 unspecified atom stereocenters. The van der Waals surface area contributed by atoms with Crippen LogP contribution >= 0.6 is 0 Å². The Hall–Kier alpha value is -5.60. The van der Waals surface area contributed by atoms with Crippen molar-refractivity contribution in [1.29, 1.82) is 0 Å². The number of benzene rings is 4. The number of hydrogen-bond acceptors (Lipinski definition) is 0. The fourth-order valence-corrected chi connectivity index (χ4v) is 11.5. The molecular formula is C72H90F2.